The molecule has 2 aliphatic rings. The zero-order valence-corrected chi connectivity index (χ0v) is 15.4. The van der Waals surface area contributed by atoms with Gasteiger partial charge in [-0.3, -0.25) is 4.79 Å². The fraction of sp³-hybridized carbons (Fsp3) is 0.368. The highest BCUT2D eigenvalue weighted by Gasteiger charge is 2.36. The van der Waals surface area contributed by atoms with E-state index >= 15 is 0 Å². The molecule has 136 valence electrons. The molecule has 0 fully saturated rings. The number of nitrogens with one attached hydrogen (secondary N) is 1. The van der Waals surface area contributed by atoms with Crippen LogP contribution >= 0.6 is 11.3 Å². The average Bonchev–Trinajstić information content (AvgIpc) is 3.21. The van der Waals surface area contributed by atoms with E-state index in [1.165, 1.54) is 18.4 Å². The van der Waals surface area contributed by atoms with Gasteiger partial charge in [-0.05, 0) is 43.9 Å². The van der Waals surface area contributed by atoms with Gasteiger partial charge in [0.05, 0.1) is 12.7 Å². The number of ether oxygens (including phenoxy) is 3. The Kier molecular flexibility index (Phi) is 4.32. The summed E-state index contributed by atoms with van der Waals surface area (Å²) in [6, 6.07) is 7.25. The molecule has 2 atom stereocenters. The van der Waals surface area contributed by atoms with Crippen LogP contribution in [-0.4, -0.2) is 31.2 Å². The number of carbonyl (C=O) groups is 2. The van der Waals surface area contributed by atoms with Crippen LogP contribution in [0.2, 0.25) is 0 Å². The topological polar surface area (TPSA) is 73.9 Å². The molecule has 0 bridgehead atoms. The van der Waals surface area contributed by atoms with Gasteiger partial charge in [-0.25, -0.2) is 4.79 Å². The largest absolute Gasteiger partial charge is 0.482 e. The number of benzene rings is 1. The number of hydrogen-bond acceptors (Lipinski definition) is 6. The smallest absolute Gasteiger partial charge is 0.341 e. The van der Waals surface area contributed by atoms with Crippen molar-refractivity contribution in [3.8, 4) is 11.5 Å². The Bertz CT molecular complexity index is 875. The summed E-state index contributed by atoms with van der Waals surface area (Å²) in [5.41, 5.74) is 1.47. The number of esters is 1. The lowest BCUT2D eigenvalue weighted by molar-refractivity contribution is -0.127. The van der Waals surface area contributed by atoms with Crippen molar-refractivity contribution in [3.05, 3.63) is 40.3 Å². The Morgan fingerprint density at radius 1 is 1.19 bits per heavy atom. The van der Waals surface area contributed by atoms with Crippen molar-refractivity contribution in [3.63, 3.8) is 0 Å². The summed E-state index contributed by atoms with van der Waals surface area (Å²) in [6.45, 7) is 1.79. The Morgan fingerprint density at radius 2 is 1.92 bits per heavy atom. The molecule has 1 amide bonds. The number of amides is 1. The van der Waals surface area contributed by atoms with Gasteiger partial charge in [0.2, 0.25) is 6.10 Å². The fourth-order valence-electron chi connectivity index (χ4n) is 3.40. The number of thiophene rings is 1. The first kappa shape index (κ1) is 16.9. The molecule has 1 N–H and O–H groups in total. The quantitative estimate of drug-likeness (QED) is 0.837. The van der Waals surface area contributed by atoms with Crippen molar-refractivity contribution in [2.75, 3.05) is 12.4 Å². The lowest BCUT2D eigenvalue weighted by Gasteiger charge is -2.30. The minimum absolute atomic E-state index is 0.336. The Labute approximate surface area is 155 Å². The number of anilines is 1. The van der Waals surface area contributed by atoms with Crippen molar-refractivity contribution in [1.29, 1.82) is 0 Å². The normalized spacial score (nSPS) is 20.4. The standard InChI is InChI=1S/C19H19NO5S/c1-10-16(25-13-8-4-3-7-12(13)24-10)17(21)20-18-15(19(22)23-2)11-6-5-9-14(11)26-18/h3-4,7-8,10,16H,5-6,9H2,1-2H3,(H,20,21). The monoisotopic (exact) mass is 373 g/mol. The minimum atomic E-state index is -0.799. The van der Waals surface area contributed by atoms with Gasteiger partial charge in [0.15, 0.2) is 11.5 Å². The lowest BCUT2D eigenvalue weighted by Crippen LogP contribution is -2.46. The van der Waals surface area contributed by atoms with Gasteiger partial charge in [0, 0.05) is 4.88 Å². The zero-order valence-electron chi connectivity index (χ0n) is 14.5. The second-order valence-electron chi connectivity index (χ2n) is 6.35. The van der Waals surface area contributed by atoms with Gasteiger partial charge < -0.3 is 19.5 Å². The van der Waals surface area contributed by atoms with E-state index in [-0.39, 0.29) is 5.91 Å². The molecule has 0 spiro atoms. The molecule has 1 aromatic heterocycles. The van der Waals surface area contributed by atoms with Crippen LogP contribution in [0.3, 0.4) is 0 Å². The Morgan fingerprint density at radius 3 is 2.65 bits per heavy atom. The zero-order chi connectivity index (χ0) is 18.3. The van der Waals surface area contributed by atoms with Crippen LogP contribution < -0.4 is 14.8 Å². The van der Waals surface area contributed by atoms with Crippen molar-refractivity contribution >= 4 is 28.2 Å². The molecule has 26 heavy (non-hydrogen) atoms. The molecule has 0 saturated carbocycles. The molecule has 2 aromatic rings. The Hall–Kier alpha value is -2.54. The third kappa shape index (κ3) is 2.82. The van der Waals surface area contributed by atoms with Crippen LogP contribution in [0.5, 0.6) is 11.5 Å². The van der Waals surface area contributed by atoms with Crippen molar-refractivity contribution < 1.29 is 23.8 Å². The molecule has 1 aromatic carbocycles. The van der Waals surface area contributed by atoms with E-state index in [1.807, 2.05) is 12.1 Å². The summed E-state index contributed by atoms with van der Waals surface area (Å²) in [5.74, 6) is 0.401. The highest BCUT2D eigenvalue weighted by molar-refractivity contribution is 7.17. The number of hydrogen-bond donors (Lipinski definition) is 1. The van der Waals surface area contributed by atoms with Crippen LogP contribution in [0, 0.1) is 0 Å². The molecule has 2 heterocycles. The van der Waals surface area contributed by atoms with Crippen molar-refractivity contribution in [2.45, 2.75) is 38.4 Å². The highest BCUT2D eigenvalue weighted by Crippen LogP contribution is 2.40. The molecular weight excluding hydrogens is 354 g/mol. The molecule has 6 nitrogen and oxygen atoms in total. The summed E-state index contributed by atoms with van der Waals surface area (Å²) in [5, 5.41) is 3.39. The van der Waals surface area contributed by atoms with Gasteiger partial charge in [-0.15, -0.1) is 11.3 Å². The van der Waals surface area contributed by atoms with E-state index < -0.39 is 18.2 Å². The molecule has 1 aliphatic carbocycles. The van der Waals surface area contributed by atoms with Crippen LogP contribution in [0.4, 0.5) is 5.00 Å². The fourth-order valence-corrected chi connectivity index (χ4v) is 4.68. The summed E-state index contributed by atoms with van der Waals surface area (Å²) < 4.78 is 16.5. The SMILES string of the molecule is COC(=O)c1c(NC(=O)C2Oc3ccccc3OC2C)sc2c1CCC2. The number of carbonyl (C=O) groups excluding carboxylic acids is 2. The molecule has 2 unspecified atom stereocenters. The lowest BCUT2D eigenvalue weighted by atomic mass is 10.1. The average molecular weight is 373 g/mol. The van der Waals surface area contributed by atoms with E-state index in [4.69, 9.17) is 14.2 Å². The number of aryl methyl sites for hydroxylation is 1. The van der Waals surface area contributed by atoms with E-state index in [0.717, 1.165) is 29.7 Å². The third-order valence-electron chi connectivity index (χ3n) is 4.65. The molecule has 4 rings (SSSR count). The predicted octanol–water partition coefficient (Wildman–Crippen LogP) is 3.19. The summed E-state index contributed by atoms with van der Waals surface area (Å²) in [4.78, 5) is 26.2. The predicted molar refractivity (Wildman–Crippen MR) is 97.3 cm³/mol. The van der Waals surface area contributed by atoms with Crippen molar-refractivity contribution in [1.82, 2.24) is 0 Å². The number of methoxy groups -OCH3 is 1. The second kappa shape index (κ2) is 6.64. The van der Waals surface area contributed by atoms with E-state index in [9.17, 15) is 9.59 Å². The second-order valence-corrected chi connectivity index (χ2v) is 7.46. The first-order valence-corrected chi connectivity index (χ1v) is 9.36. The maximum atomic E-state index is 12.8. The van der Waals surface area contributed by atoms with Gasteiger partial charge in [0.1, 0.15) is 11.1 Å². The maximum absolute atomic E-state index is 12.8. The number of para-hydroxylation sites is 2. The van der Waals surface area contributed by atoms with Crippen LogP contribution in [0.15, 0.2) is 24.3 Å². The molecule has 0 radical (unpaired) electrons. The summed E-state index contributed by atoms with van der Waals surface area (Å²) >= 11 is 1.44. The van der Waals surface area contributed by atoms with Crippen LogP contribution in [-0.2, 0) is 22.4 Å². The summed E-state index contributed by atoms with van der Waals surface area (Å²) in [7, 11) is 1.35. The van der Waals surface area contributed by atoms with Gasteiger partial charge in [-0.2, -0.15) is 0 Å². The highest BCUT2D eigenvalue weighted by atomic mass is 32.1. The van der Waals surface area contributed by atoms with E-state index in [2.05, 4.69) is 5.32 Å². The first-order valence-electron chi connectivity index (χ1n) is 8.54. The third-order valence-corrected chi connectivity index (χ3v) is 5.86. The molecule has 0 saturated heterocycles. The van der Waals surface area contributed by atoms with Gasteiger partial charge >= 0.3 is 5.97 Å². The Balaban J connectivity index is 1.59. The van der Waals surface area contributed by atoms with E-state index in [0.29, 0.717) is 22.1 Å². The number of fused-ring (bicyclic) bond motifs is 2. The summed E-state index contributed by atoms with van der Waals surface area (Å²) in [6.07, 6.45) is 1.53. The van der Waals surface area contributed by atoms with Crippen molar-refractivity contribution in [2.24, 2.45) is 0 Å². The minimum Gasteiger partial charge on any atom is -0.482 e. The molecule has 7 heteroatoms. The van der Waals surface area contributed by atoms with Crippen LogP contribution in [0.25, 0.3) is 0 Å². The van der Waals surface area contributed by atoms with Gasteiger partial charge in [0.25, 0.3) is 5.91 Å². The first-order chi connectivity index (χ1) is 12.6. The molecular formula is C19H19NO5S. The molecule has 1 aliphatic heterocycles. The van der Waals surface area contributed by atoms with Crippen LogP contribution in [0.1, 0.15) is 34.1 Å². The maximum Gasteiger partial charge on any atom is 0.341 e. The van der Waals surface area contributed by atoms with E-state index in [1.54, 1.807) is 19.1 Å². The van der Waals surface area contributed by atoms with Gasteiger partial charge in [-0.1, -0.05) is 12.1 Å². The number of rotatable bonds is 3.